The van der Waals surface area contributed by atoms with Crippen LogP contribution in [0.3, 0.4) is 0 Å². The Hall–Kier alpha value is -2.76. The highest BCUT2D eigenvalue weighted by molar-refractivity contribution is 5.98. The molecular formula is C20H20F2N2O2. The Morgan fingerprint density at radius 3 is 2.69 bits per heavy atom. The van der Waals surface area contributed by atoms with E-state index in [0.717, 1.165) is 42.5 Å². The molecule has 0 aliphatic heterocycles. The number of ketones is 1. The minimum absolute atomic E-state index is 0.0452. The molecule has 0 heterocycles. The highest BCUT2D eigenvalue weighted by Crippen LogP contribution is 2.31. The van der Waals surface area contributed by atoms with E-state index >= 15 is 0 Å². The smallest absolute Gasteiger partial charge is 0.220 e. The Kier molecular flexibility index (Phi) is 5.30. The number of carbonyl (C=O) groups is 2. The number of anilines is 1. The van der Waals surface area contributed by atoms with Gasteiger partial charge in [0.15, 0.2) is 5.78 Å². The molecule has 3 rings (SSSR count). The van der Waals surface area contributed by atoms with Gasteiger partial charge in [-0.15, -0.1) is 0 Å². The summed E-state index contributed by atoms with van der Waals surface area (Å²) in [5, 5.41) is 2.94. The highest BCUT2D eigenvalue weighted by Gasteiger charge is 2.22. The van der Waals surface area contributed by atoms with Crippen LogP contribution in [0.2, 0.25) is 0 Å². The first-order valence-corrected chi connectivity index (χ1v) is 8.60. The van der Waals surface area contributed by atoms with Gasteiger partial charge in [-0.3, -0.25) is 9.59 Å². The van der Waals surface area contributed by atoms with Crippen LogP contribution in [0.4, 0.5) is 14.5 Å². The number of nitrogens with two attached hydrogens (primary N) is 1. The lowest BCUT2D eigenvalue weighted by Crippen LogP contribution is -2.31. The summed E-state index contributed by atoms with van der Waals surface area (Å²) in [6.07, 6.45) is 2.52. The molecule has 1 atom stereocenters. The van der Waals surface area contributed by atoms with Crippen molar-refractivity contribution in [2.75, 3.05) is 5.73 Å². The predicted molar refractivity (Wildman–Crippen MR) is 94.6 cm³/mol. The molecule has 2 aromatic carbocycles. The van der Waals surface area contributed by atoms with E-state index in [1.165, 1.54) is 0 Å². The molecule has 0 saturated carbocycles. The number of hydrogen-bond donors (Lipinski definition) is 2. The van der Waals surface area contributed by atoms with Crippen molar-refractivity contribution in [3.05, 3.63) is 64.7 Å². The van der Waals surface area contributed by atoms with Crippen LogP contribution >= 0.6 is 0 Å². The average molecular weight is 358 g/mol. The number of aryl methyl sites for hydroxylation is 1. The highest BCUT2D eigenvalue weighted by atomic mass is 19.1. The monoisotopic (exact) mass is 358 g/mol. The first-order chi connectivity index (χ1) is 12.4. The summed E-state index contributed by atoms with van der Waals surface area (Å²) in [6, 6.07) is 8.35. The molecule has 26 heavy (non-hydrogen) atoms. The Balaban J connectivity index is 1.59. The summed E-state index contributed by atoms with van der Waals surface area (Å²) in [7, 11) is 0. The van der Waals surface area contributed by atoms with Crippen molar-refractivity contribution in [1.82, 2.24) is 5.32 Å². The van der Waals surface area contributed by atoms with Crippen molar-refractivity contribution < 1.29 is 18.4 Å². The molecule has 1 aliphatic carbocycles. The third kappa shape index (κ3) is 4.07. The lowest BCUT2D eigenvalue weighted by Gasteiger charge is -2.26. The number of benzene rings is 2. The molecule has 2 aromatic rings. The second-order valence-corrected chi connectivity index (χ2v) is 6.52. The molecule has 3 N–H and O–H groups in total. The van der Waals surface area contributed by atoms with Gasteiger partial charge in [-0.25, -0.2) is 8.78 Å². The van der Waals surface area contributed by atoms with Gasteiger partial charge in [0.05, 0.1) is 11.6 Å². The van der Waals surface area contributed by atoms with Crippen molar-refractivity contribution in [3.63, 3.8) is 0 Å². The fourth-order valence-corrected chi connectivity index (χ4v) is 3.33. The number of nitrogens with one attached hydrogen (secondary N) is 1. The van der Waals surface area contributed by atoms with E-state index in [2.05, 4.69) is 5.32 Å². The molecule has 0 radical (unpaired) electrons. The summed E-state index contributed by atoms with van der Waals surface area (Å²) in [6.45, 7) is 0. The standard InChI is InChI=1S/C20H20F2N2O2/c21-13-4-6-16(17(22)11-13)19(25)8-9-20(26)24-18-3-1-2-12-10-14(23)5-7-15(12)18/h4-7,10-11,18H,1-3,8-9,23H2,(H,24,26). The number of Topliss-reactive ketones (excluding diaryl/α,β-unsaturated/α-hetero) is 1. The molecule has 0 aromatic heterocycles. The third-order valence-corrected chi connectivity index (χ3v) is 4.63. The Morgan fingerprint density at radius 2 is 1.92 bits per heavy atom. The maximum Gasteiger partial charge on any atom is 0.220 e. The molecule has 1 aliphatic rings. The zero-order valence-electron chi connectivity index (χ0n) is 14.2. The lowest BCUT2D eigenvalue weighted by molar-refractivity contribution is -0.121. The lowest BCUT2D eigenvalue weighted by atomic mass is 9.87. The van der Waals surface area contributed by atoms with Crippen molar-refractivity contribution >= 4 is 17.4 Å². The van der Waals surface area contributed by atoms with Gasteiger partial charge in [-0.1, -0.05) is 6.07 Å². The molecule has 4 nitrogen and oxygen atoms in total. The zero-order valence-corrected chi connectivity index (χ0v) is 14.2. The molecule has 0 saturated heterocycles. The molecular weight excluding hydrogens is 338 g/mol. The first kappa shape index (κ1) is 18.0. The topological polar surface area (TPSA) is 72.2 Å². The molecule has 0 bridgehead atoms. The van der Waals surface area contributed by atoms with Crippen molar-refractivity contribution in [1.29, 1.82) is 0 Å². The van der Waals surface area contributed by atoms with Gasteiger partial charge in [-0.2, -0.15) is 0 Å². The SMILES string of the molecule is Nc1ccc2c(c1)CCCC2NC(=O)CCC(=O)c1ccc(F)cc1F. The van der Waals surface area contributed by atoms with Gasteiger partial charge in [-0.05, 0) is 54.7 Å². The molecule has 1 amide bonds. The largest absolute Gasteiger partial charge is 0.399 e. The van der Waals surface area contributed by atoms with Gasteiger partial charge in [0, 0.05) is 24.6 Å². The van der Waals surface area contributed by atoms with Crippen LogP contribution in [-0.2, 0) is 11.2 Å². The quantitative estimate of drug-likeness (QED) is 0.632. The van der Waals surface area contributed by atoms with Crippen molar-refractivity contribution in [2.45, 2.75) is 38.1 Å². The Labute approximate surface area is 150 Å². The van der Waals surface area contributed by atoms with E-state index < -0.39 is 17.4 Å². The Morgan fingerprint density at radius 1 is 1.12 bits per heavy atom. The number of halogens is 2. The molecule has 6 heteroatoms. The van der Waals surface area contributed by atoms with E-state index in [1.807, 2.05) is 18.2 Å². The van der Waals surface area contributed by atoms with Crippen LogP contribution in [-0.4, -0.2) is 11.7 Å². The van der Waals surface area contributed by atoms with E-state index in [9.17, 15) is 18.4 Å². The second-order valence-electron chi connectivity index (χ2n) is 6.52. The van der Waals surface area contributed by atoms with Gasteiger partial charge >= 0.3 is 0 Å². The minimum Gasteiger partial charge on any atom is -0.399 e. The fourth-order valence-electron chi connectivity index (χ4n) is 3.33. The average Bonchev–Trinajstić information content (AvgIpc) is 2.59. The first-order valence-electron chi connectivity index (χ1n) is 8.60. The molecule has 136 valence electrons. The van der Waals surface area contributed by atoms with Crippen LogP contribution in [0, 0.1) is 11.6 Å². The van der Waals surface area contributed by atoms with Gasteiger partial charge in [0.2, 0.25) is 5.91 Å². The zero-order chi connectivity index (χ0) is 18.7. The van der Waals surface area contributed by atoms with Crippen LogP contribution in [0.25, 0.3) is 0 Å². The van der Waals surface area contributed by atoms with Crippen LogP contribution < -0.4 is 11.1 Å². The summed E-state index contributed by atoms with van der Waals surface area (Å²) in [5.41, 5.74) is 8.49. The van der Waals surface area contributed by atoms with Gasteiger partial charge in [0.25, 0.3) is 0 Å². The number of amides is 1. The fraction of sp³-hybridized carbons (Fsp3) is 0.300. The van der Waals surface area contributed by atoms with E-state index in [0.29, 0.717) is 11.8 Å². The third-order valence-electron chi connectivity index (χ3n) is 4.63. The van der Waals surface area contributed by atoms with Crippen LogP contribution in [0.1, 0.15) is 53.2 Å². The normalized spacial score (nSPS) is 16.0. The number of carbonyl (C=O) groups excluding carboxylic acids is 2. The maximum absolute atomic E-state index is 13.6. The summed E-state index contributed by atoms with van der Waals surface area (Å²) < 4.78 is 26.5. The van der Waals surface area contributed by atoms with Crippen molar-refractivity contribution in [2.24, 2.45) is 0 Å². The van der Waals surface area contributed by atoms with E-state index in [4.69, 9.17) is 5.73 Å². The predicted octanol–water partition coefficient (Wildman–Crippen LogP) is 3.70. The minimum atomic E-state index is -0.908. The molecule has 0 spiro atoms. The second kappa shape index (κ2) is 7.64. The summed E-state index contributed by atoms with van der Waals surface area (Å²) in [5.74, 6) is -2.44. The van der Waals surface area contributed by atoms with Gasteiger partial charge < -0.3 is 11.1 Å². The van der Waals surface area contributed by atoms with Crippen LogP contribution in [0.15, 0.2) is 36.4 Å². The Bertz CT molecular complexity index is 852. The molecule has 1 unspecified atom stereocenters. The number of fused-ring (bicyclic) bond motifs is 1. The van der Waals surface area contributed by atoms with Crippen LogP contribution in [0.5, 0.6) is 0 Å². The number of rotatable bonds is 5. The van der Waals surface area contributed by atoms with Gasteiger partial charge in [0.1, 0.15) is 11.6 Å². The van der Waals surface area contributed by atoms with Crippen molar-refractivity contribution in [3.8, 4) is 0 Å². The van der Waals surface area contributed by atoms with E-state index in [-0.39, 0.29) is 30.4 Å². The summed E-state index contributed by atoms with van der Waals surface area (Å²) in [4.78, 5) is 24.3. The summed E-state index contributed by atoms with van der Waals surface area (Å²) >= 11 is 0. The van der Waals surface area contributed by atoms with E-state index in [1.54, 1.807) is 0 Å². The molecule has 0 fully saturated rings. The number of nitrogen functional groups attached to an aromatic ring is 1. The maximum atomic E-state index is 13.6. The number of hydrogen-bond acceptors (Lipinski definition) is 3.